The average molecular weight is 312 g/mol. The molecule has 0 amide bonds. The highest BCUT2D eigenvalue weighted by Gasteiger charge is 2.24. The van der Waals surface area contributed by atoms with Gasteiger partial charge in [-0.2, -0.15) is 4.33 Å². The Bertz CT molecular complexity index is 690. The minimum absolute atomic E-state index is 0.224. The van der Waals surface area contributed by atoms with Crippen LogP contribution in [0.4, 0.5) is 0 Å². The molecule has 3 rings (SSSR count). The lowest BCUT2D eigenvalue weighted by atomic mass is 9.97. The summed E-state index contributed by atoms with van der Waals surface area (Å²) >= 11 is 1.16. The van der Waals surface area contributed by atoms with Crippen molar-refractivity contribution in [2.45, 2.75) is 17.7 Å². The summed E-state index contributed by atoms with van der Waals surface area (Å²) in [5.74, 6) is 0.224. The molecular formula is C18H16O3S. The van der Waals surface area contributed by atoms with Crippen molar-refractivity contribution in [3.8, 4) is 0 Å². The van der Waals surface area contributed by atoms with Gasteiger partial charge in [-0.15, -0.1) is 0 Å². The van der Waals surface area contributed by atoms with E-state index >= 15 is 0 Å². The Hall–Kier alpha value is -1.88. The van der Waals surface area contributed by atoms with Crippen LogP contribution in [0.3, 0.4) is 0 Å². The molecule has 0 bridgehead atoms. The van der Waals surface area contributed by atoms with E-state index in [0.29, 0.717) is 6.42 Å². The lowest BCUT2D eigenvalue weighted by Gasteiger charge is -2.08. The molecule has 4 heteroatoms. The molecule has 0 radical (unpaired) electrons. The zero-order chi connectivity index (χ0) is 15.4. The number of carbonyl (C=O) groups is 1. The van der Waals surface area contributed by atoms with Crippen molar-refractivity contribution in [1.29, 1.82) is 0 Å². The molecule has 0 aromatic heterocycles. The van der Waals surface area contributed by atoms with Crippen LogP contribution in [-0.2, 0) is 14.0 Å². The summed E-state index contributed by atoms with van der Waals surface area (Å²) in [6, 6.07) is 17.9. The molecule has 0 aliphatic heterocycles. The second kappa shape index (κ2) is 6.92. The van der Waals surface area contributed by atoms with E-state index in [1.807, 2.05) is 54.6 Å². The van der Waals surface area contributed by atoms with Crippen molar-refractivity contribution in [1.82, 2.24) is 0 Å². The monoisotopic (exact) mass is 312 g/mol. The van der Waals surface area contributed by atoms with Crippen molar-refractivity contribution in [3.63, 3.8) is 0 Å². The molecular weight excluding hydrogens is 296 g/mol. The summed E-state index contributed by atoms with van der Waals surface area (Å²) in [6.45, 7) is 0. The third kappa shape index (κ3) is 3.14. The molecule has 0 atom stereocenters. The fraction of sp³-hybridized carbons (Fsp3) is 0.167. The number of carbonyl (C=O) groups excluding carboxylic acids is 1. The molecule has 0 heterocycles. The summed E-state index contributed by atoms with van der Waals surface area (Å²) in [4.78, 5) is 17.8. The number of allylic oxidation sites excluding steroid dienone is 2. The van der Waals surface area contributed by atoms with Gasteiger partial charge in [-0.25, -0.2) is 4.89 Å². The minimum atomic E-state index is 0.224. The van der Waals surface area contributed by atoms with E-state index in [4.69, 9.17) is 4.33 Å². The van der Waals surface area contributed by atoms with Gasteiger partial charge >= 0.3 is 0 Å². The zero-order valence-corrected chi connectivity index (χ0v) is 13.1. The SMILES string of the molecule is COOSc1ccc(C2=C(c3ccccc3)C(=O)CC2)cc1. The molecule has 1 aliphatic rings. The molecule has 112 valence electrons. The number of benzene rings is 2. The van der Waals surface area contributed by atoms with E-state index in [1.54, 1.807) is 0 Å². The molecule has 0 spiro atoms. The Labute approximate surface area is 134 Å². The average Bonchev–Trinajstić information content (AvgIpc) is 2.96. The van der Waals surface area contributed by atoms with Gasteiger partial charge in [0.2, 0.25) is 0 Å². The van der Waals surface area contributed by atoms with Gasteiger partial charge in [0, 0.05) is 16.9 Å². The van der Waals surface area contributed by atoms with E-state index in [-0.39, 0.29) is 5.78 Å². The number of ketones is 1. The summed E-state index contributed by atoms with van der Waals surface area (Å²) in [6.07, 6.45) is 1.38. The van der Waals surface area contributed by atoms with Crippen molar-refractivity contribution < 1.29 is 14.0 Å². The second-order valence-electron chi connectivity index (χ2n) is 4.99. The zero-order valence-electron chi connectivity index (χ0n) is 12.2. The maximum absolute atomic E-state index is 12.3. The van der Waals surface area contributed by atoms with Gasteiger partial charge in [0.05, 0.1) is 19.2 Å². The summed E-state index contributed by atoms with van der Waals surface area (Å²) in [7, 11) is 1.47. The molecule has 3 nitrogen and oxygen atoms in total. The van der Waals surface area contributed by atoms with Crippen LogP contribution in [0, 0.1) is 0 Å². The van der Waals surface area contributed by atoms with Gasteiger partial charge in [0.1, 0.15) is 0 Å². The predicted molar refractivity (Wildman–Crippen MR) is 87.9 cm³/mol. The quantitative estimate of drug-likeness (QED) is 0.461. The normalized spacial score (nSPS) is 14.7. The van der Waals surface area contributed by atoms with Crippen LogP contribution in [0.1, 0.15) is 24.0 Å². The molecule has 2 aromatic carbocycles. The number of hydrogen-bond donors (Lipinski definition) is 0. The molecule has 0 saturated carbocycles. The maximum Gasteiger partial charge on any atom is 0.164 e. The third-order valence-corrected chi connectivity index (χ3v) is 4.31. The molecule has 2 aromatic rings. The Kier molecular flexibility index (Phi) is 4.73. The molecule has 0 fully saturated rings. The van der Waals surface area contributed by atoms with E-state index in [0.717, 1.165) is 45.6 Å². The first-order valence-electron chi connectivity index (χ1n) is 7.09. The summed E-state index contributed by atoms with van der Waals surface area (Å²) < 4.78 is 4.84. The Morgan fingerprint density at radius 2 is 1.64 bits per heavy atom. The lowest BCUT2D eigenvalue weighted by molar-refractivity contribution is -0.160. The van der Waals surface area contributed by atoms with Crippen molar-refractivity contribution in [3.05, 3.63) is 65.7 Å². The maximum atomic E-state index is 12.3. The number of hydrogen-bond acceptors (Lipinski definition) is 4. The van der Waals surface area contributed by atoms with Gasteiger partial charge in [-0.05, 0) is 35.3 Å². The number of Topliss-reactive ketones (excluding diaryl/α,β-unsaturated/α-hetero) is 1. The standard InChI is InChI=1S/C18H16O3S/c1-20-21-22-15-9-7-13(8-10-15)16-11-12-17(19)18(16)14-5-3-2-4-6-14/h2-10H,11-12H2,1H3. The largest absolute Gasteiger partial charge is 0.294 e. The Balaban J connectivity index is 1.94. The van der Waals surface area contributed by atoms with Crippen LogP contribution in [-0.4, -0.2) is 12.9 Å². The third-order valence-electron chi connectivity index (χ3n) is 3.65. The summed E-state index contributed by atoms with van der Waals surface area (Å²) in [5.41, 5.74) is 4.07. The fourth-order valence-corrected chi connectivity index (χ4v) is 3.06. The van der Waals surface area contributed by atoms with Crippen molar-refractivity contribution >= 4 is 29.0 Å². The highest BCUT2D eigenvalue weighted by molar-refractivity contribution is 7.94. The number of rotatable bonds is 5. The topological polar surface area (TPSA) is 35.5 Å². The molecule has 0 saturated heterocycles. The van der Waals surface area contributed by atoms with Gasteiger partial charge in [-0.3, -0.25) is 4.79 Å². The Morgan fingerprint density at radius 1 is 0.909 bits per heavy atom. The van der Waals surface area contributed by atoms with Crippen molar-refractivity contribution in [2.75, 3.05) is 7.11 Å². The summed E-state index contributed by atoms with van der Waals surface area (Å²) in [5, 5.41) is 0. The second-order valence-corrected chi connectivity index (χ2v) is 5.76. The first-order chi connectivity index (χ1) is 10.8. The van der Waals surface area contributed by atoms with Gasteiger partial charge in [0.25, 0.3) is 0 Å². The van der Waals surface area contributed by atoms with Crippen LogP contribution in [0.2, 0.25) is 0 Å². The fourth-order valence-electron chi connectivity index (χ4n) is 2.67. The lowest BCUT2D eigenvalue weighted by Crippen LogP contribution is -1.95. The highest BCUT2D eigenvalue weighted by atomic mass is 32.2. The van der Waals surface area contributed by atoms with Crippen LogP contribution in [0.5, 0.6) is 0 Å². The first kappa shape index (κ1) is 15.0. The van der Waals surface area contributed by atoms with E-state index < -0.39 is 0 Å². The smallest absolute Gasteiger partial charge is 0.164 e. The molecule has 0 unspecified atom stereocenters. The van der Waals surface area contributed by atoms with E-state index in [1.165, 1.54) is 7.11 Å². The Morgan fingerprint density at radius 3 is 2.32 bits per heavy atom. The molecule has 22 heavy (non-hydrogen) atoms. The van der Waals surface area contributed by atoms with E-state index in [2.05, 4.69) is 4.89 Å². The minimum Gasteiger partial charge on any atom is -0.294 e. The highest BCUT2D eigenvalue weighted by Crippen LogP contribution is 2.37. The van der Waals surface area contributed by atoms with Gasteiger partial charge in [-0.1, -0.05) is 42.5 Å². The van der Waals surface area contributed by atoms with Gasteiger partial charge in [0.15, 0.2) is 5.78 Å². The van der Waals surface area contributed by atoms with Crippen LogP contribution in [0.15, 0.2) is 59.5 Å². The van der Waals surface area contributed by atoms with Gasteiger partial charge < -0.3 is 0 Å². The first-order valence-corrected chi connectivity index (χ1v) is 7.83. The predicted octanol–water partition coefficient (Wildman–Crippen LogP) is 4.55. The molecule has 1 aliphatic carbocycles. The molecule has 0 N–H and O–H groups in total. The van der Waals surface area contributed by atoms with E-state index in [9.17, 15) is 4.79 Å². The van der Waals surface area contributed by atoms with Crippen LogP contribution in [0.25, 0.3) is 11.1 Å². The van der Waals surface area contributed by atoms with Crippen LogP contribution < -0.4 is 0 Å². The van der Waals surface area contributed by atoms with Crippen molar-refractivity contribution in [2.24, 2.45) is 0 Å². The van der Waals surface area contributed by atoms with Crippen LogP contribution >= 0.6 is 12.0 Å².